The molecule has 8 aromatic rings. The maximum Gasteiger partial charge on any atom is 1.00 e. The third kappa shape index (κ3) is 29.2. The van der Waals surface area contributed by atoms with Crippen LogP contribution in [0.4, 0.5) is 57.4 Å². The average Bonchev–Trinajstić information content (AvgIpc) is 0.774. The van der Waals surface area contributed by atoms with E-state index < -0.39 is 113 Å². The van der Waals surface area contributed by atoms with Crippen LogP contribution in [0.5, 0.6) is 0 Å². The Kier molecular flexibility index (Phi) is 42.2. The number of ether oxygens (including phenoxy) is 2. The molecule has 0 bridgehead atoms. The van der Waals surface area contributed by atoms with Crippen LogP contribution in [0, 0.1) is 59.2 Å². The molecule has 1 aliphatic rings. The molecule has 9 rings (SSSR count). The Morgan fingerprint density at radius 1 is 0.573 bits per heavy atom. The number of esters is 2. The van der Waals surface area contributed by atoms with E-state index in [9.17, 15) is 75.1 Å². The van der Waals surface area contributed by atoms with Gasteiger partial charge in [-0.25, -0.2) is 34.5 Å². The molecule has 4 aromatic carbocycles. The first kappa shape index (κ1) is 106. The van der Waals surface area contributed by atoms with Gasteiger partial charge in [0.2, 0.25) is 24.0 Å². The summed E-state index contributed by atoms with van der Waals surface area (Å²) in [4.78, 5) is 181. The van der Waals surface area contributed by atoms with Crippen LogP contribution in [0.15, 0.2) is 72.2 Å². The van der Waals surface area contributed by atoms with Crippen LogP contribution in [-0.4, -0.2) is 121 Å². The number of aldehydes is 1. The van der Waals surface area contributed by atoms with Crippen LogP contribution in [0.3, 0.4) is 0 Å². The molecular weight excluding hydrogens is 1650 g/mol. The molecule has 0 radical (unpaired) electrons. The number of rotatable bonds is 16. The summed E-state index contributed by atoms with van der Waals surface area (Å²) in [5.74, 6) is -3.72. The van der Waals surface area contributed by atoms with Crippen LogP contribution in [0.25, 0.3) is 58.1 Å². The Morgan fingerprint density at radius 2 is 0.855 bits per heavy atom. The molecule has 1 fully saturated rings. The fraction of sp³-hybridized carbons (Fsp3) is 0.408. The number of carbonyl (C=O) groups is 9. The first-order valence-electron chi connectivity index (χ1n) is 33.5. The van der Waals surface area contributed by atoms with E-state index in [0.717, 1.165) is 9.13 Å². The molecule has 4 atom stereocenters. The van der Waals surface area contributed by atoms with E-state index in [1.54, 1.807) is 74.4 Å². The summed E-state index contributed by atoms with van der Waals surface area (Å²) in [5, 5.41) is 15.6. The summed E-state index contributed by atoms with van der Waals surface area (Å²) < 4.78 is 62.6. The number of carboxylic acids is 1. The Balaban J connectivity index is -0.00000141. The first-order chi connectivity index (χ1) is 52.5. The maximum atomic E-state index is 13.0. The van der Waals surface area contributed by atoms with Crippen molar-refractivity contribution in [2.24, 2.45) is 17.2 Å². The Hall–Kier alpha value is -12.9. The van der Waals surface area contributed by atoms with Gasteiger partial charge in [0.25, 0.3) is 22.2 Å². The summed E-state index contributed by atoms with van der Waals surface area (Å²) in [6, 6.07) is 7.82. The van der Waals surface area contributed by atoms with Gasteiger partial charge in [-0.3, -0.25) is 85.0 Å². The van der Waals surface area contributed by atoms with Crippen molar-refractivity contribution in [1.29, 1.82) is 5.26 Å². The zero-order valence-electron chi connectivity index (χ0n) is 63.2. The van der Waals surface area contributed by atoms with Gasteiger partial charge in [0.1, 0.15) is 58.4 Å². The predicted octanol–water partition coefficient (Wildman–Crippen LogP) is 10.6. The number of alkyl halides is 4. The number of Topliss-reactive ketones (excluding diaryl/α,β-unsaturated/α-hetero) is 2. The van der Waals surface area contributed by atoms with Crippen LogP contribution in [0.1, 0.15) is 178 Å². The standard InChI is InChI=1S/C19H23N5O4.C18H23BrN4O4.C16H14N4O3.C15H15N5O4.C2HF3O.CH3F.CN.4CH4.Cu/c1-10-23-13-9-11(22-5)8-12(20)16(13)18(27)24(10)14(17(21)26)6-7-15(25)28-19(2,3)4;1-9-22-12-8-10(19)7-11(20)15(12)17(26)23(9)13(16(21)25)5-6-14(24)27-18(2,3)4;1-8-19-12-6-9(18-2)5-11(17)15(12)16(23)20(8)13-4-3-10(21)7-14(13)22;1-7-19-10-6-8(18-2)5-9(16)13(10)15(24)20(7)11(14(17)23)3-4-12(21)22;3-2(4,5)1-6;2*1-2;;;;;/h8-9,14H,6-7,20H2,1-4H3,(H2,21,26);7-8,13H,5-6,20H2,1-4H3,(H2,21,25);5-6,13H,3-4,7,17H2,1H3;5-6,11H,3-4,16H2,1H3,(H2,17,23)(H,21,22);1H;1H3;;4*1H4;/q;;;;;;-1;;;;;+1/t14-;13-;;11-;;;;;;;;/m00.0......../s1/i;;;;;1D;;;;;;. The molecule has 15 N–H and O–H groups in total. The van der Waals surface area contributed by atoms with Gasteiger partial charge in [0.15, 0.2) is 22.8 Å². The van der Waals surface area contributed by atoms with Gasteiger partial charge < -0.3 is 66.5 Å². The number of carboxylic acid groups (broad SMARTS) is 1. The van der Waals surface area contributed by atoms with Gasteiger partial charge in [0.05, 0.1) is 84.3 Å². The number of anilines is 4. The zero-order chi connectivity index (χ0) is 86.4. The van der Waals surface area contributed by atoms with Crippen molar-refractivity contribution in [2.75, 3.05) is 30.1 Å². The average molecular weight is 1750 g/mol. The van der Waals surface area contributed by atoms with Gasteiger partial charge in [0, 0.05) is 52.9 Å². The summed E-state index contributed by atoms with van der Waals surface area (Å²) >= 11 is 3.31. The van der Waals surface area contributed by atoms with Crippen LogP contribution in [-0.2, 0) is 69.7 Å². The Morgan fingerprint density at radius 3 is 1.13 bits per heavy atom. The van der Waals surface area contributed by atoms with E-state index in [-0.39, 0.29) is 188 Å². The third-order valence-electron chi connectivity index (χ3n) is 15.7. The topological polar surface area (TPSA) is 551 Å². The molecule has 117 heavy (non-hydrogen) atoms. The van der Waals surface area contributed by atoms with Crippen molar-refractivity contribution in [3.63, 3.8) is 0 Å². The molecule has 35 nitrogen and oxygen atoms in total. The predicted molar refractivity (Wildman–Crippen MR) is 433 cm³/mol. The van der Waals surface area contributed by atoms with Gasteiger partial charge in [-0.2, -0.15) is 13.2 Å². The van der Waals surface area contributed by atoms with Gasteiger partial charge in [-0.1, -0.05) is 45.6 Å². The number of hydrogen-bond donors (Lipinski definition) is 8. The number of ketones is 2. The number of aromatic nitrogens is 8. The number of nitrogens with two attached hydrogens (primary N) is 7. The van der Waals surface area contributed by atoms with Crippen molar-refractivity contribution in [2.45, 2.75) is 198 Å². The fourth-order valence-corrected chi connectivity index (χ4v) is 11.8. The second kappa shape index (κ2) is 46.5. The molecule has 0 spiro atoms. The summed E-state index contributed by atoms with van der Waals surface area (Å²) in [5.41, 5.74) is 39.3. The molecule has 4 heterocycles. The molecule has 41 heteroatoms. The number of primary amides is 3. The van der Waals surface area contributed by atoms with Crippen LogP contribution < -0.4 is 62.4 Å². The minimum Gasteiger partial charge on any atom is -0.512 e. The first-order valence-corrected chi connectivity index (χ1v) is 33.6. The van der Waals surface area contributed by atoms with Crippen LogP contribution in [0.2, 0.25) is 0 Å². The summed E-state index contributed by atoms with van der Waals surface area (Å²) in [6.45, 7) is 42.7. The molecule has 1 aliphatic carbocycles. The van der Waals surface area contributed by atoms with Crippen molar-refractivity contribution >= 4 is 153 Å². The number of amides is 3. The van der Waals surface area contributed by atoms with Crippen molar-refractivity contribution in [1.82, 2.24) is 38.2 Å². The number of aliphatic carboxylic acids is 1. The molecular formula is C76H95BrCuF4N19O16. The number of nitrogens with zero attached hydrogens (tertiary/aromatic N) is 12. The summed E-state index contributed by atoms with van der Waals surface area (Å²) in [6.07, 6.45) is -5.91. The molecule has 3 amide bonds. The second-order valence-electron chi connectivity index (χ2n) is 26.2. The number of aryl methyl sites for hydroxylation is 4. The Bertz CT molecular complexity index is 5470. The van der Waals surface area contributed by atoms with Gasteiger partial charge in [-0.05, 0) is 143 Å². The van der Waals surface area contributed by atoms with Crippen molar-refractivity contribution in [3.8, 4) is 0 Å². The maximum absolute atomic E-state index is 13.0. The number of halogens is 5. The number of hydrogen-bond acceptors (Lipinski definition) is 24. The molecule has 4 aromatic heterocycles. The smallest absolute Gasteiger partial charge is 0.512 e. The van der Waals surface area contributed by atoms with E-state index in [1.807, 2.05) is 0 Å². The number of carbonyl (C=O) groups excluding carboxylic acids is 8. The number of fused-ring (bicyclic) bond motifs is 4. The van der Waals surface area contributed by atoms with E-state index in [0.29, 0.717) is 39.3 Å². The van der Waals surface area contributed by atoms with E-state index in [1.165, 1.54) is 52.5 Å². The minimum atomic E-state index is -4.64. The molecule has 1 unspecified atom stereocenters. The molecule has 1 saturated carbocycles. The minimum absolute atomic E-state index is 0. The van der Waals surface area contributed by atoms with Crippen molar-refractivity contribution in [3.05, 3.63) is 159 Å². The quantitative estimate of drug-likeness (QED) is 0.00847. The zero-order valence-corrected chi connectivity index (χ0v) is 64.8. The van der Waals surface area contributed by atoms with Crippen LogP contribution >= 0.6 is 15.9 Å². The van der Waals surface area contributed by atoms with E-state index in [2.05, 4.69) is 50.4 Å². The van der Waals surface area contributed by atoms with Gasteiger partial charge >= 0.3 is 41.2 Å². The monoisotopic (exact) mass is 1750 g/mol. The molecule has 636 valence electrons. The van der Waals surface area contributed by atoms with E-state index >= 15 is 0 Å². The fourth-order valence-electron chi connectivity index (χ4n) is 11.3. The number of nitrogen functional groups attached to an aromatic ring is 4. The van der Waals surface area contributed by atoms with E-state index in [4.69, 9.17) is 92.4 Å². The van der Waals surface area contributed by atoms with Gasteiger partial charge in [-0.15, -0.1) is 0 Å². The molecule has 0 saturated heterocycles. The third-order valence-corrected chi connectivity index (χ3v) is 16.1. The Labute approximate surface area is 690 Å². The SMILES string of the molecule is C.C.C.C.Cc1nc2cc(Br)cc(N)c2c(=O)n1[C@@H](CCC(=O)OC(C)(C)C)C(N)=O.O=CC(F)(F)F.[2H]CF.[C-]#N.[C-]#[N+]c1cc(N)c2c(=O)n(C3CCC(=O)CC3=O)c(C)nc2c1.[C-]#[N+]c1cc(N)c2c(=O)n([C@@H](CCC(=O)O)C(N)=O)c(C)nc2c1.[C-]#[N+]c1cc(N)c2c(=O)n([C@@H](CCC(=O)OC(C)(C)C)C(N)=O)c(C)nc2c1.[Cu+]. The largest absolute Gasteiger partial charge is 1.00 e. The molecule has 0 aliphatic heterocycles. The summed E-state index contributed by atoms with van der Waals surface area (Å²) in [7, 11) is -1.00. The normalized spacial score (nSPS) is 12.7. The second-order valence-corrected chi connectivity index (χ2v) is 27.1. The number of benzene rings is 4. The van der Waals surface area contributed by atoms with Crippen molar-refractivity contribution < 1.29 is 93.7 Å².